The molecular weight excluding hydrogens is 776 g/mol. The lowest BCUT2D eigenvalue weighted by molar-refractivity contribution is 0.302. The first-order valence-electron chi connectivity index (χ1n) is 13.3. The molecule has 0 aliphatic heterocycles. The molecule has 5 aromatic rings. The first-order chi connectivity index (χ1) is 20.2. The van der Waals surface area contributed by atoms with E-state index < -0.39 is 0 Å². The number of hydrogen-bond donors (Lipinski definition) is 0. The minimum absolute atomic E-state index is 0.214. The average Bonchev–Trinajstić information content (AvgIpc) is 2.96. The third kappa shape index (κ3) is 6.35. The molecule has 0 saturated carbocycles. The smallest absolute Gasteiger partial charge is 0.282 e. The van der Waals surface area contributed by atoms with E-state index in [0.717, 1.165) is 46.5 Å². The van der Waals surface area contributed by atoms with Gasteiger partial charge in [-0.15, -0.1) is 0 Å². The lowest BCUT2D eigenvalue weighted by Gasteiger charge is -2.17. The van der Waals surface area contributed by atoms with Gasteiger partial charge in [-0.3, -0.25) is 4.79 Å². The van der Waals surface area contributed by atoms with Crippen LogP contribution in [0.2, 0.25) is 5.02 Å². The molecule has 0 amide bonds. The summed E-state index contributed by atoms with van der Waals surface area (Å²) in [7, 11) is 1.67. The van der Waals surface area contributed by atoms with E-state index in [1.807, 2.05) is 67.6 Å². The summed E-state index contributed by atoms with van der Waals surface area (Å²) in [5.74, 6) is 2.27. The highest BCUT2D eigenvalue weighted by atomic mass is 127. The standard InChI is InChI=1S/C33H28ClI2N3O3/c1-19(2)24-16-25(20(3)13-30(24)41-4)32-38-29-12-8-6-10-23(29)33(40)39(32)37-17-21-14-27(35)31(28(36)15-21)42-18-22-9-5-7-11-26(22)34/h5-17,19H,18H2,1-4H3. The van der Waals surface area contributed by atoms with E-state index in [-0.39, 0.29) is 11.5 Å². The van der Waals surface area contributed by atoms with Gasteiger partial charge in [0.05, 0.1) is 31.4 Å². The summed E-state index contributed by atoms with van der Waals surface area (Å²) in [6.45, 7) is 6.58. The summed E-state index contributed by atoms with van der Waals surface area (Å²) < 4.78 is 15.0. The van der Waals surface area contributed by atoms with Crippen LogP contribution in [0.1, 0.15) is 42.0 Å². The fraction of sp³-hybridized carbons (Fsp3) is 0.182. The number of rotatable bonds is 8. The Bertz CT molecular complexity index is 1860. The average molecular weight is 804 g/mol. The van der Waals surface area contributed by atoms with Crippen LogP contribution in [0.25, 0.3) is 22.3 Å². The Morgan fingerprint density at radius 3 is 2.40 bits per heavy atom. The third-order valence-electron chi connectivity index (χ3n) is 6.87. The van der Waals surface area contributed by atoms with Gasteiger partial charge in [0, 0.05) is 16.1 Å². The fourth-order valence-electron chi connectivity index (χ4n) is 4.65. The summed E-state index contributed by atoms with van der Waals surface area (Å²) in [5.41, 5.74) is 4.92. The first kappa shape index (κ1) is 30.5. The molecule has 0 bridgehead atoms. The molecule has 0 aliphatic rings. The van der Waals surface area contributed by atoms with Crippen LogP contribution in [-0.2, 0) is 6.61 Å². The zero-order chi connectivity index (χ0) is 30.0. The van der Waals surface area contributed by atoms with Crippen molar-refractivity contribution in [3.05, 3.63) is 118 Å². The highest BCUT2D eigenvalue weighted by Crippen LogP contribution is 2.34. The minimum Gasteiger partial charge on any atom is -0.496 e. The van der Waals surface area contributed by atoms with E-state index in [4.69, 9.17) is 31.2 Å². The Kier molecular flexibility index (Phi) is 9.54. The molecule has 0 N–H and O–H groups in total. The lowest BCUT2D eigenvalue weighted by Crippen LogP contribution is -2.21. The number of methoxy groups -OCH3 is 1. The Morgan fingerprint density at radius 2 is 1.71 bits per heavy atom. The van der Waals surface area contributed by atoms with Gasteiger partial charge in [0.1, 0.15) is 18.1 Å². The van der Waals surface area contributed by atoms with Crippen molar-refractivity contribution in [1.29, 1.82) is 0 Å². The van der Waals surface area contributed by atoms with Crippen LogP contribution in [0.4, 0.5) is 0 Å². The van der Waals surface area contributed by atoms with Crippen molar-refractivity contribution in [3.63, 3.8) is 0 Å². The van der Waals surface area contributed by atoms with E-state index in [2.05, 4.69) is 65.1 Å². The van der Waals surface area contributed by atoms with Crippen molar-refractivity contribution in [2.75, 3.05) is 7.11 Å². The van der Waals surface area contributed by atoms with Crippen molar-refractivity contribution in [1.82, 2.24) is 9.66 Å². The van der Waals surface area contributed by atoms with Gasteiger partial charge in [-0.2, -0.15) is 9.78 Å². The number of benzene rings is 4. The van der Waals surface area contributed by atoms with Gasteiger partial charge in [-0.1, -0.05) is 55.8 Å². The maximum absolute atomic E-state index is 13.8. The number of ether oxygens (including phenoxy) is 2. The maximum Gasteiger partial charge on any atom is 0.282 e. The second kappa shape index (κ2) is 13.1. The van der Waals surface area contributed by atoms with Crippen molar-refractivity contribution in [3.8, 4) is 22.9 Å². The summed E-state index contributed by atoms with van der Waals surface area (Å²) in [6.07, 6.45) is 1.69. The molecule has 0 saturated heterocycles. The Morgan fingerprint density at radius 1 is 1.02 bits per heavy atom. The highest BCUT2D eigenvalue weighted by molar-refractivity contribution is 14.1. The second-order valence-electron chi connectivity index (χ2n) is 10.1. The van der Waals surface area contributed by atoms with Crippen molar-refractivity contribution < 1.29 is 9.47 Å². The van der Waals surface area contributed by atoms with Gasteiger partial charge in [0.2, 0.25) is 0 Å². The normalized spacial score (nSPS) is 11.5. The lowest BCUT2D eigenvalue weighted by atomic mass is 9.96. The maximum atomic E-state index is 13.8. The van der Waals surface area contributed by atoms with Gasteiger partial charge < -0.3 is 9.47 Å². The predicted octanol–water partition coefficient (Wildman–Crippen LogP) is 8.83. The predicted molar refractivity (Wildman–Crippen MR) is 187 cm³/mol. The highest BCUT2D eigenvalue weighted by Gasteiger charge is 2.18. The number of aromatic nitrogens is 2. The molecule has 0 fully saturated rings. The summed E-state index contributed by atoms with van der Waals surface area (Å²) in [5, 5.41) is 5.87. The van der Waals surface area contributed by atoms with Gasteiger partial charge in [0.25, 0.3) is 5.56 Å². The molecule has 0 radical (unpaired) electrons. The van der Waals surface area contributed by atoms with Crippen LogP contribution in [-0.4, -0.2) is 23.0 Å². The molecule has 214 valence electrons. The van der Waals surface area contributed by atoms with E-state index in [0.29, 0.717) is 28.4 Å². The zero-order valence-electron chi connectivity index (χ0n) is 23.5. The van der Waals surface area contributed by atoms with E-state index in [1.54, 1.807) is 19.4 Å². The molecule has 1 aromatic heterocycles. The summed E-state index contributed by atoms with van der Waals surface area (Å²) in [6, 6.07) is 23.0. The van der Waals surface area contributed by atoms with E-state index in [9.17, 15) is 4.79 Å². The number of para-hydroxylation sites is 1. The number of halogens is 3. The Labute approximate surface area is 277 Å². The molecular formula is C33H28ClI2N3O3. The molecule has 0 spiro atoms. The minimum atomic E-state index is -0.239. The third-order valence-corrected chi connectivity index (χ3v) is 8.84. The van der Waals surface area contributed by atoms with Gasteiger partial charge >= 0.3 is 0 Å². The molecule has 0 unspecified atom stereocenters. The largest absolute Gasteiger partial charge is 0.496 e. The van der Waals surface area contributed by atoms with Gasteiger partial charge in [0.15, 0.2) is 5.82 Å². The summed E-state index contributed by atoms with van der Waals surface area (Å²) in [4.78, 5) is 18.7. The van der Waals surface area contributed by atoms with Crippen LogP contribution in [0, 0.1) is 14.1 Å². The molecule has 0 atom stereocenters. The fourth-order valence-corrected chi connectivity index (χ4v) is 6.97. The quantitative estimate of drug-likeness (QED) is 0.116. The number of nitrogens with zero attached hydrogens (tertiary/aromatic N) is 3. The van der Waals surface area contributed by atoms with Crippen LogP contribution < -0.4 is 15.0 Å². The van der Waals surface area contributed by atoms with Crippen LogP contribution in [0.5, 0.6) is 11.5 Å². The molecule has 4 aromatic carbocycles. The summed E-state index contributed by atoms with van der Waals surface area (Å²) >= 11 is 10.8. The van der Waals surface area contributed by atoms with E-state index in [1.165, 1.54) is 4.68 Å². The number of aryl methyl sites for hydroxylation is 1. The Balaban J connectivity index is 1.57. The monoisotopic (exact) mass is 803 g/mol. The van der Waals surface area contributed by atoms with Gasteiger partial charge in [-0.25, -0.2) is 4.98 Å². The first-order valence-corrected chi connectivity index (χ1v) is 15.8. The molecule has 5 rings (SSSR count). The van der Waals surface area contributed by atoms with Crippen molar-refractivity contribution in [2.45, 2.75) is 33.3 Å². The SMILES string of the molecule is COc1cc(C)c(-c2nc3ccccc3c(=O)n2N=Cc2cc(I)c(OCc3ccccc3Cl)c(I)c2)cc1C(C)C. The molecule has 0 aliphatic carbocycles. The molecule has 9 heteroatoms. The Hall–Kier alpha value is -2.96. The topological polar surface area (TPSA) is 65.7 Å². The number of fused-ring (bicyclic) bond motifs is 1. The number of hydrogen-bond acceptors (Lipinski definition) is 5. The molecule has 6 nitrogen and oxygen atoms in total. The van der Waals surface area contributed by atoms with Crippen molar-refractivity contribution >= 4 is 73.9 Å². The van der Waals surface area contributed by atoms with Crippen LogP contribution >= 0.6 is 56.8 Å². The zero-order valence-corrected chi connectivity index (χ0v) is 28.6. The van der Waals surface area contributed by atoms with Crippen LogP contribution in [0.3, 0.4) is 0 Å². The van der Waals surface area contributed by atoms with E-state index >= 15 is 0 Å². The van der Waals surface area contributed by atoms with Crippen LogP contribution in [0.15, 0.2) is 82.7 Å². The van der Waals surface area contributed by atoms with Gasteiger partial charge in [-0.05, 0) is 117 Å². The second-order valence-corrected chi connectivity index (χ2v) is 12.8. The molecule has 1 heterocycles. The molecule has 42 heavy (non-hydrogen) atoms. The van der Waals surface area contributed by atoms with Crippen molar-refractivity contribution in [2.24, 2.45) is 5.10 Å².